The summed E-state index contributed by atoms with van der Waals surface area (Å²) < 4.78 is 20.3. The van der Waals surface area contributed by atoms with Gasteiger partial charge in [-0.15, -0.1) is 0 Å². The number of rotatable bonds is 7. The molecule has 4 aromatic rings. The van der Waals surface area contributed by atoms with Gasteiger partial charge in [-0.2, -0.15) is 9.97 Å². The summed E-state index contributed by atoms with van der Waals surface area (Å²) in [4.78, 5) is 42.2. The first kappa shape index (κ1) is 26.5. The Bertz CT molecular complexity index is 1650. The van der Waals surface area contributed by atoms with E-state index in [0.717, 1.165) is 37.1 Å². The lowest BCUT2D eigenvalue weighted by Crippen LogP contribution is -2.43. The summed E-state index contributed by atoms with van der Waals surface area (Å²) in [6, 6.07) is 9.88. The minimum absolute atomic E-state index is 0.109. The van der Waals surface area contributed by atoms with Gasteiger partial charge in [0.2, 0.25) is 11.9 Å². The molecule has 2 amide bonds. The number of amides is 2. The van der Waals surface area contributed by atoms with Crippen LogP contribution in [0.3, 0.4) is 0 Å². The highest BCUT2D eigenvalue weighted by Crippen LogP contribution is 2.39. The number of nitrogens with one attached hydrogen (secondary N) is 4. The molecule has 0 unspecified atom stereocenters. The van der Waals surface area contributed by atoms with Gasteiger partial charge in [0.1, 0.15) is 23.0 Å². The molecule has 0 radical (unpaired) electrons. The number of hydrogen-bond donors (Lipinski definition) is 4. The van der Waals surface area contributed by atoms with Crippen LogP contribution in [0, 0.1) is 5.82 Å². The highest BCUT2D eigenvalue weighted by atomic mass is 19.1. The Kier molecular flexibility index (Phi) is 6.91. The molecule has 1 saturated heterocycles. The van der Waals surface area contributed by atoms with Crippen LogP contribution in [-0.4, -0.2) is 72.0 Å². The number of carbonyl (C=O) groups excluding carboxylic acids is 2. The van der Waals surface area contributed by atoms with E-state index in [4.69, 9.17) is 4.74 Å². The molecule has 2 aliphatic heterocycles. The Balaban J connectivity index is 1.35. The third kappa shape index (κ3) is 4.80. The molecule has 2 aromatic carbocycles. The normalized spacial score (nSPS) is 16.6. The lowest BCUT2D eigenvalue weighted by molar-refractivity contribution is -0.122. The summed E-state index contributed by atoms with van der Waals surface area (Å²) in [7, 11) is 5.03. The monoisotopic (exact) mass is 558 g/mol. The molecule has 2 aliphatic rings. The van der Waals surface area contributed by atoms with Crippen LogP contribution in [0.2, 0.25) is 0 Å². The average Bonchev–Trinajstić information content (AvgIpc) is 3.71. The molecule has 12 heteroatoms. The van der Waals surface area contributed by atoms with Crippen LogP contribution in [0.4, 0.5) is 33.2 Å². The number of anilines is 5. The minimum atomic E-state index is -0.655. The summed E-state index contributed by atoms with van der Waals surface area (Å²) >= 11 is 0. The Labute approximate surface area is 236 Å². The predicted octanol–water partition coefficient (Wildman–Crippen LogP) is 3.94. The molecule has 1 atom stereocenters. The minimum Gasteiger partial charge on any atom is -0.495 e. The summed E-state index contributed by atoms with van der Waals surface area (Å²) in [6.07, 6.45) is 4.33. The molecule has 0 spiro atoms. The van der Waals surface area contributed by atoms with Crippen molar-refractivity contribution in [2.75, 3.05) is 49.8 Å². The van der Waals surface area contributed by atoms with Crippen LogP contribution >= 0.6 is 0 Å². The number of likely N-dealkylation sites (tertiary alicyclic amines) is 1. The third-order valence-electron chi connectivity index (χ3n) is 7.75. The van der Waals surface area contributed by atoms with Crippen molar-refractivity contribution in [2.24, 2.45) is 0 Å². The Morgan fingerprint density at radius 2 is 1.98 bits per heavy atom. The quantitative estimate of drug-likeness (QED) is 0.269. The van der Waals surface area contributed by atoms with E-state index in [-0.39, 0.29) is 29.1 Å². The first-order chi connectivity index (χ1) is 19.9. The maximum absolute atomic E-state index is 14.6. The molecule has 0 bridgehead atoms. The smallest absolute Gasteiger partial charge is 0.256 e. The van der Waals surface area contributed by atoms with E-state index in [1.165, 1.54) is 19.2 Å². The van der Waals surface area contributed by atoms with E-state index in [0.29, 0.717) is 34.8 Å². The average molecular weight is 559 g/mol. The van der Waals surface area contributed by atoms with Crippen LogP contribution in [0.1, 0.15) is 28.8 Å². The maximum atomic E-state index is 14.6. The third-order valence-corrected chi connectivity index (χ3v) is 7.75. The molecule has 4 N–H and O–H groups in total. The van der Waals surface area contributed by atoms with Crippen molar-refractivity contribution in [3.8, 4) is 5.75 Å². The van der Waals surface area contributed by atoms with Crippen molar-refractivity contribution in [1.29, 1.82) is 0 Å². The second-order valence-electron chi connectivity index (χ2n) is 10.2. The van der Waals surface area contributed by atoms with Gasteiger partial charge >= 0.3 is 0 Å². The zero-order chi connectivity index (χ0) is 28.7. The van der Waals surface area contributed by atoms with Crippen LogP contribution in [-0.2, 0) is 11.2 Å². The number of nitrogens with zero attached hydrogens (tertiary/aromatic N) is 4. The van der Waals surface area contributed by atoms with Gasteiger partial charge in [-0.25, -0.2) is 4.39 Å². The van der Waals surface area contributed by atoms with Gasteiger partial charge in [0.25, 0.3) is 5.91 Å². The van der Waals surface area contributed by atoms with Gasteiger partial charge in [-0.05, 0) is 68.8 Å². The Hall–Kier alpha value is -4.71. The summed E-state index contributed by atoms with van der Waals surface area (Å²) in [5.41, 5.74) is 3.15. The number of methoxy groups -OCH3 is 1. The lowest BCUT2D eigenvalue weighted by Gasteiger charge is -2.26. The highest BCUT2D eigenvalue weighted by molar-refractivity contribution is 6.02. The number of hydrogen-bond acceptors (Lipinski definition) is 8. The fourth-order valence-electron chi connectivity index (χ4n) is 5.64. The predicted molar refractivity (Wildman–Crippen MR) is 155 cm³/mol. The number of benzene rings is 2. The van der Waals surface area contributed by atoms with Crippen LogP contribution in [0.25, 0.3) is 11.0 Å². The number of ether oxygens (including phenoxy) is 1. The SMILES string of the molecule is CNC(=O)c1c(F)cccc1Nc1nc(Nc2cc3c(cc2OC)CCN3C(=O)[C@H]2CCCN2C)nc2[nH]ccc12. The van der Waals surface area contributed by atoms with Crippen molar-refractivity contribution in [3.05, 3.63) is 59.5 Å². The van der Waals surface area contributed by atoms with E-state index in [1.54, 1.807) is 25.4 Å². The van der Waals surface area contributed by atoms with Crippen molar-refractivity contribution in [3.63, 3.8) is 0 Å². The molecule has 212 valence electrons. The Morgan fingerprint density at radius 3 is 2.73 bits per heavy atom. The van der Waals surface area contributed by atoms with E-state index < -0.39 is 11.7 Å². The van der Waals surface area contributed by atoms with Crippen molar-refractivity contribution < 1.29 is 18.7 Å². The first-order valence-electron chi connectivity index (χ1n) is 13.5. The number of likely N-dealkylation sites (N-methyl/N-ethyl adjacent to an activating group) is 1. The number of H-pyrrole nitrogens is 1. The molecule has 1 fully saturated rings. The summed E-state index contributed by atoms with van der Waals surface area (Å²) in [6.45, 7) is 1.53. The second-order valence-corrected chi connectivity index (χ2v) is 10.2. The second kappa shape index (κ2) is 10.7. The molecule has 6 rings (SSSR count). The largest absolute Gasteiger partial charge is 0.495 e. The van der Waals surface area contributed by atoms with Crippen LogP contribution < -0.4 is 25.6 Å². The van der Waals surface area contributed by atoms with E-state index >= 15 is 0 Å². The highest BCUT2D eigenvalue weighted by Gasteiger charge is 2.35. The van der Waals surface area contributed by atoms with Crippen molar-refractivity contribution >= 4 is 51.7 Å². The fraction of sp³-hybridized carbons (Fsp3) is 0.310. The number of halogens is 1. The Morgan fingerprint density at radius 1 is 1.12 bits per heavy atom. The van der Waals surface area contributed by atoms with Gasteiger partial charge in [-0.3, -0.25) is 14.5 Å². The molecule has 0 aliphatic carbocycles. The molecule has 11 nitrogen and oxygen atoms in total. The first-order valence-corrected chi connectivity index (χ1v) is 13.5. The van der Waals surface area contributed by atoms with Gasteiger partial charge in [0, 0.05) is 25.5 Å². The van der Waals surface area contributed by atoms with Crippen LogP contribution in [0.5, 0.6) is 5.75 Å². The van der Waals surface area contributed by atoms with Gasteiger partial charge in [0.05, 0.1) is 35.5 Å². The zero-order valence-electron chi connectivity index (χ0n) is 23.0. The molecular weight excluding hydrogens is 527 g/mol. The molecule has 41 heavy (non-hydrogen) atoms. The standard InChI is InChI=1S/C29H31FN8O3/c1-31-27(39)24-18(30)6-4-7-19(24)33-26-17-9-11-32-25(17)35-29(36-26)34-20-15-22-16(14-23(20)41-3)10-13-38(22)28(40)21-8-5-12-37(21)2/h4,6-7,9,11,14-15,21H,5,8,10,12-13H2,1-3H3,(H,31,39)(H3,32,33,34,35,36)/t21-/m1/s1. The topological polar surface area (TPSA) is 128 Å². The van der Waals surface area contributed by atoms with E-state index in [2.05, 4.69) is 35.8 Å². The lowest BCUT2D eigenvalue weighted by atomic mass is 10.1. The summed E-state index contributed by atoms with van der Waals surface area (Å²) in [5.74, 6) is 0.0952. The molecule has 0 saturated carbocycles. The van der Waals surface area contributed by atoms with E-state index in [9.17, 15) is 14.0 Å². The number of carbonyl (C=O) groups is 2. The molecule has 4 heterocycles. The number of aromatic nitrogens is 3. The zero-order valence-corrected chi connectivity index (χ0v) is 23.0. The molecular formula is C29H31FN8O3. The number of aromatic amines is 1. The fourth-order valence-corrected chi connectivity index (χ4v) is 5.64. The summed E-state index contributed by atoms with van der Waals surface area (Å²) in [5, 5.41) is 9.49. The maximum Gasteiger partial charge on any atom is 0.256 e. The van der Waals surface area contributed by atoms with Gasteiger partial charge < -0.3 is 30.6 Å². The molecule has 2 aromatic heterocycles. The van der Waals surface area contributed by atoms with Crippen molar-refractivity contribution in [1.82, 2.24) is 25.2 Å². The van der Waals surface area contributed by atoms with E-state index in [1.807, 2.05) is 24.1 Å². The number of fused-ring (bicyclic) bond motifs is 2. The van der Waals surface area contributed by atoms with Gasteiger partial charge in [-0.1, -0.05) is 6.07 Å². The van der Waals surface area contributed by atoms with Crippen LogP contribution in [0.15, 0.2) is 42.6 Å². The van der Waals surface area contributed by atoms with Crippen molar-refractivity contribution in [2.45, 2.75) is 25.3 Å². The van der Waals surface area contributed by atoms with Gasteiger partial charge in [0.15, 0.2) is 0 Å².